The summed E-state index contributed by atoms with van der Waals surface area (Å²) in [4.78, 5) is 35.5. The molecule has 9 nitrogen and oxygen atoms in total. The second-order valence-electron chi connectivity index (χ2n) is 5.45. The maximum atomic E-state index is 12.7. The van der Waals surface area contributed by atoms with Gasteiger partial charge < -0.3 is 5.73 Å². The number of para-hydroxylation sites is 1. The first-order valence-corrected chi connectivity index (χ1v) is 8.56. The molecule has 1 atom stereocenters. The summed E-state index contributed by atoms with van der Waals surface area (Å²) in [6.07, 6.45) is 1.60. The van der Waals surface area contributed by atoms with Crippen molar-refractivity contribution < 1.29 is 9.59 Å². The quantitative estimate of drug-likeness (QED) is 0.507. The van der Waals surface area contributed by atoms with Gasteiger partial charge in [-0.15, -0.1) is 16.8 Å². The average Bonchev–Trinajstić information content (AvgIpc) is 3.01. The number of carbonyl (C=O) groups is 2. The van der Waals surface area contributed by atoms with Crippen LogP contribution in [0.4, 0.5) is 4.79 Å². The molecule has 2 aromatic heterocycles. The molecule has 2 heterocycles. The Kier molecular flexibility index (Phi) is 4.76. The third-order valence-electron chi connectivity index (χ3n) is 3.69. The highest BCUT2D eigenvalue weighted by molar-refractivity contribution is 8.00. The van der Waals surface area contributed by atoms with Gasteiger partial charge in [0.15, 0.2) is 5.16 Å². The number of carbonyl (C=O) groups excluding carboxylic acids is 2. The summed E-state index contributed by atoms with van der Waals surface area (Å²) in [7, 11) is 0. The van der Waals surface area contributed by atoms with Gasteiger partial charge in [0.25, 0.3) is 5.56 Å². The van der Waals surface area contributed by atoms with Crippen LogP contribution in [0.2, 0.25) is 0 Å². The van der Waals surface area contributed by atoms with Gasteiger partial charge in [0.1, 0.15) is 0 Å². The van der Waals surface area contributed by atoms with E-state index in [1.54, 1.807) is 41.7 Å². The van der Waals surface area contributed by atoms with Crippen LogP contribution in [0.25, 0.3) is 16.7 Å². The topological polar surface area (TPSA) is 124 Å². The van der Waals surface area contributed by atoms with Crippen molar-refractivity contribution in [3.05, 3.63) is 47.3 Å². The lowest BCUT2D eigenvalue weighted by Gasteiger charge is -2.11. The number of allylic oxidation sites excluding steroid dienone is 1. The average molecular weight is 372 g/mol. The van der Waals surface area contributed by atoms with Crippen molar-refractivity contribution in [2.45, 2.75) is 23.9 Å². The molecule has 0 fully saturated rings. The molecule has 0 saturated carbocycles. The van der Waals surface area contributed by atoms with Gasteiger partial charge in [-0.3, -0.25) is 23.9 Å². The Morgan fingerprint density at radius 1 is 1.38 bits per heavy atom. The molecular formula is C16H16N6O3S. The number of nitrogens with two attached hydrogens (primary N) is 1. The highest BCUT2D eigenvalue weighted by Crippen LogP contribution is 2.25. The molecule has 3 amide bonds. The minimum Gasteiger partial charge on any atom is -0.351 e. The standard InChI is InChI=1S/C16H16N6O3S/c1-3-8-21-13(24)10-6-4-5-7-11(10)22-15(21)19-20-16(22)26-9(2)12(23)18-14(17)25/h3-7,9H,1,8H2,2H3,(H3,17,18,23,25). The van der Waals surface area contributed by atoms with E-state index in [-0.39, 0.29) is 12.1 Å². The number of thioether (sulfide) groups is 1. The van der Waals surface area contributed by atoms with Crippen LogP contribution in [0.5, 0.6) is 0 Å². The van der Waals surface area contributed by atoms with Gasteiger partial charge in [-0.05, 0) is 19.1 Å². The molecule has 1 aromatic carbocycles. The normalized spacial score (nSPS) is 12.2. The maximum absolute atomic E-state index is 12.7. The molecule has 10 heteroatoms. The molecule has 3 N–H and O–H groups in total. The summed E-state index contributed by atoms with van der Waals surface area (Å²) in [5.74, 6) is -0.193. The summed E-state index contributed by atoms with van der Waals surface area (Å²) in [5, 5.41) is 10.5. The fraction of sp³-hybridized carbons (Fsp3) is 0.188. The Morgan fingerprint density at radius 3 is 2.81 bits per heavy atom. The number of aromatic nitrogens is 4. The monoisotopic (exact) mass is 372 g/mol. The van der Waals surface area contributed by atoms with Gasteiger partial charge in [0, 0.05) is 6.54 Å². The summed E-state index contributed by atoms with van der Waals surface area (Å²) in [5.41, 5.74) is 5.41. The van der Waals surface area contributed by atoms with Crippen LogP contribution in [-0.4, -0.2) is 36.4 Å². The molecule has 1 unspecified atom stereocenters. The molecule has 0 spiro atoms. The Morgan fingerprint density at radius 2 is 2.12 bits per heavy atom. The zero-order chi connectivity index (χ0) is 18.8. The van der Waals surface area contributed by atoms with Crippen molar-refractivity contribution in [3.8, 4) is 0 Å². The summed E-state index contributed by atoms with van der Waals surface area (Å²) >= 11 is 1.11. The van der Waals surface area contributed by atoms with Gasteiger partial charge in [-0.25, -0.2) is 4.79 Å². The molecule has 134 valence electrons. The molecule has 3 rings (SSSR count). The first-order chi connectivity index (χ1) is 12.4. The maximum Gasteiger partial charge on any atom is 0.318 e. The molecule has 0 radical (unpaired) electrons. The molecule has 26 heavy (non-hydrogen) atoms. The van der Waals surface area contributed by atoms with Crippen LogP contribution in [0.15, 0.2) is 46.9 Å². The number of imide groups is 1. The molecular weight excluding hydrogens is 356 g/mol. The van der Waals surface area contributed by atoms with E-state index in [2.05, 4.69) is 16.8 Å². The summed E-state index contributed by atoms with van der Waals surface area (Å²) < 4.78 is 3.17. The lowest BCUT2D eigenvalue weighted by Crippen LogP contribution is -2.39. The number of fused-ring (bicyclic) bond motifs is 3. The van der Waals surface area contributed by atoms with Gasteiger partial charge in [0.05, 0.1) is 16.2 Å². The predicted molar refractivity (Wildman–Crippen MR) is 98.0 cm³/mol. The van der Waals surface area contributed by atoms with Gasteiger partial charge >= 0.3 is 6.03 Å². The highest BCUT2D eigenvalue weighted by Gasteiger charge is 2.21. The number of amides is 3. The number of primary amides is 1. The van der Waals surface area contributed by atoms with Gasteiger partial charge in [-0.1, -0.05) is 30.0 Å². The van der Waals surface area contributed by atoms with Crippen LogP contribution >= 0.6 is 11.8 Å². The Labute approximate surface area is 151 Å². The lowest BCUT2D eigenvalue weighted by molar-refractivity contribution is -0.119. The third kappa shape index (κ3) is 3.06. The molecule has 0 aliphatic rings. The summed E-state index contributed by atoms with van der Waals surface area (Å²) in [6, 6.07) is 6.15. The molecule has 0 saturated heterocycles. The number of hydrogen-bond acceptors (Lipinski definition) is 6. The van der Waals surface area contributed by atoms with Crippen molar-refractivity contribution in [1.29, 1.82) is 0 Å². The largest absolute Gasteiger partial charge is 0.351 e. The number of nitrogens with zero attached hydrogens (tertiary/aromatic N) is 4. The van der Waals surface area contributed by atoms with Crippen LogP contribution in [0.3, 0.4) is 0 Å². The second-order valence-corrected chi connectivity index (χ2v) is 6.76. The lowest BCUT2D eigenvalue weighted by atomic mass is 10.2. The van der Waals surface area contributed by atoms with E-state index >= 15 is 0 Å². The van der Waals surface area contributed by atoms with E-state index in [0.717, 1.165) is 11.8 Å². The first kappa shape index (κ1) is 17.7. The van der Waals surface area contributed by atoms with Crippen molar-refractivity contribution in [3.63, 3.8) is 0 Å². The second kappa shape index (κ2) is 7.00. The number of rotatable bonds is 5. The fourth-order valence-electron chi connectivity index (χ4n) is 2.54. The highest BCUT2D eigenvalue weighted by atomic mass is 32.2. The van der Waals surface area contributed by atoms with Gasteiger partial charge in [0.2, 0.25) is 11.7 Å². The third-order valence-corrected chi connectivity index (χ3v) is 4.73. The number of urea groups is 1. The number of hydrogen-bond donors (Lipinski definition) is 2. The van der Waals surface area contributed by atoms with Crippen molar-refractivity contribution in [1.82, 2.24) is 24.5 Å². The Hall–Kier alpha value is -3.14. The molecule has 0 aliphatic carbocycles. The number of nitrogens with one attached hydrogen (secondary N) is 1. The van der Waals surface area contributed by atoms with E-state index in [0.29, 0.717) is 21.8 Å². The van der Waals surface area contributed by atoms with E-state index in [4.69, 9.17) is 5.73 Å². The Bertz CT molecular complexity index is 1090. The minimum absolute atomic E-state index is 0.198. The predicted octanol–water partition coefficient (Wildman–Crippen LogP) is 0.906. The minimum atomic E-state index is -0.918. The first-order valence-electron chi connectivity index (χ1n) is 7.68. The van der Waals surface area contributed by atoms with Crippen LogP contribution in [0.1, 0.15) is 6.92 Å². The zero-order valence-electron chi connectivity index (χ0n) is 13.9. The summed E-state index contributed by atoms with van der Waals surface area (Å²) in [6.45, 7) is 5.56. The molecule has 0 aliphatic heterocycles. The Balaban J connectivity index is 2.16. The van der Waals surface area contributed by atoms with Crippen molar-refractivity contribution in [2.24, 2.45) is 5.73 Å². The molecule has 0 bridgehead atoms. The fourth-order valence-corrected chi connectivity index (χ4v) is 3.39. The van der Waals surface area contributed by atoms with E-state index in [1.165, 1.54) is 4.57 Å². The smallest absolute Gasteiger partial charge is 0.318 e. The van der Waals surface area contributed by atoms with Gasteiger partial charge in [-0.2, -0.15) is 0 Å². The SMILES string of the molecule is C=CCn1c(=O)c2ccccc2n2c(SC(C)C(=O)NC(N)=O)nnc12. The molecule has 3 aromatic rings. The van der Waals surface area contributed by atoms with E-state index in [1.807, 2.05) is 5.32 Å². The van der Waals surface area contributed by atoms with Crippen molar-refractivity contribution >= 4 is 40.4 Å². The number of benzene rings is 1. The zero-order valence-corrected chi connectivity index (χ0v) is 14.7. The van der Waals surface area contributed by atoms with Crippen LogP contribution in [-0.2, 0) is 11.3 Å². The van der Waals surface area contributed by atoms with E-state index < -0.39 is 17.2 Å². The van der Waals surface area contributed by atoms with Crippen LogP contribution in [0, 0.1) is 0 Å². The van der Waals surface area contributed by atoms with Crippen molar-refractivity contribution in [2.75, 3.05) is 0 Å². The van der Waals surface area contributed by atoms with Crippen LogP contribution < -0.4 is 16.6 Å². The van der Waals surface area contributed by atoms with E-state index in [9.17, 15) is 14.4 Å².